The minimum Gasteiger partial charge on any atom is -0.494 e. The number of ether oxygens (including phenoxy) is 1. The van der Waals surface area contributed by atoms with E-state index < -0.39 is 11.8 Å². The first-order chi connectivity index (χ1) is 13.9. The Balaban J connectivity index is 1.62. The van der Waals surface area contributed by atoms with E-state index in [2.05, 4.69) is 27.4 Å². The first-order valence-electron chi connectivity index (χ1n) is 10.6. The summed E-state index contributed by atoms with van der Waals surface area (Å²) in [7, 11) is 4.06. The maximum atomic E-state index is 12.0. The highest BCUT2D eigenvalue weighted by Crippen LogP contribution is 2.16. The average Bonchev–Trinajstić information content (AvgIpc) is 2.69. The molecule has 1 aliphatic heterocycles. The predicted molar refractivity (Wildman–Crippen MR) is 116 cm³/mol. The molecule has 29 heavy (non-hydrogen) atoms. The van der Waals surface area contributed by atoms with Crippen LogP contribution in [0.5, 0.6) is 5.75 Å². The molecule has 7 heteroatoms. The second-order valence-corrected chi connectivity index (χ2v) is 8.14. The van der Waals surface area contributed by atoms with Gasteiger partial charge in [-0.2, -0.15) is 0 Å². The Hall–Kier alpha value is -2.12. The third-order valence-electron chi connectivity index (χ3n) is 5.01. The summed E-state index contributed by atoms with van der Waals surface area (Å²) >= 11 is 0. The van der Waals surface area contributed by atoms with Crippen molar-refractivity contribution in [3.05, 3.63) is 24.3 Å². The Labute approximate surface area is 174 Å². The molecule has 1 aliphatic rings. The highest BCUT2D eigenvalue weighted by atomic mass is 16.5. The third-order valence-corrected chi connectivity index (χ3v) is 5.01. The summed E-state index contributed by atoms with van der Waals surface area (Å²) in [4.78, 5) is 28.6. The van der Waals surface area contributed by atoms with Crippen molar-refractivity contribution in [1.29, 1.82) is 0 Å². The molecule has 0 saturated carbocycles. The Bertz CT molecular complexity index is 633. The number of hydrogen-bond acceptors (Lipinski definition) is 5. The lowest BCUT2D eigenvalue weighted by Gasteiger charge is -2.30. The number of piperidine rings is 1. The van der Waals surface area contributed by atoms with Gasteiger partial charge in [0.05, 0.1) is 6.61 Å². The molecule has 162 valence electrons. The summed E-state index contributed by atoms with van der Waals surface area (Å²) in [6.07, 6.45) is 4.35. The smallest absolute Gasteiger partial charge is 0.313 e. The van der Waals surface area contributed by atoms with E-state index in [4.69, 9.17) is 4.74 Å². The topological polar surface area (TPSA) is 73.9 Å². The number of anilines is 1. The quantitative estimate of drug-likeness (QED) is 0.462. The van der Waals surface area contributed by atoms with Gasteiger partial charge in [-0.1, -0.05) is 6.92 Å². The average molecular weight is 405 g/mol. The highest BCUT2D eigenvalue weighted by molar-refractivity contribution is 6.39. The lowest BCUT2D eigenvalue weighted by atomic mass is 10.0. The van der Waals surface area contributed by atoms with Gasteiger partial charge in [-0.15, -0.1) is 0 Å². The van der Waals surface area contributed by atoms with Gasteiger partial charge in [0.25, 0.3) is 0 Å². The van der Waals surface area contributed by atoms with Crippen LogP contribution in [0.15, 0.2) is 24.3 Å². The number of rotatable bonds is 10. The van der Waals surface area contributed by atoms with Gasteiger partial charge in [-0.25, -0.2) is 0 Å². The van der Waals surface area contributed by atoms with Crippen LogP contribution in [0.25, 0.3) is 0 Å². The minimum atomic E-state index is -0.642. The minimum absolute atomic E-state index is 0.511. The number of nitrogens with one attached hydrogen (secondary N) is 2. The highest BCUT2D eigenvalue weighted by Gasteiger charge is 2.16. The molecule has 1 aromatic carbocycles. The number of amides is 2. The largest absolute Gasteiger partial charge is 0.494 e. The van der Waals surface area contributed by atoms with Gasteiger partial charge in [-0.05, 0) is 83.1 Å². The van der Waals surface area contributed by atoms with E-state index in [-0.39, 0.29) is 0 Å². The van der Waals surface area contributed by atoms with Crippen LogP contribution in [-0.2, 0) is 9.59 Å². The van der Waals surface area contributed by atoms with Crippen molar-refractivity contribution in [2.75, 3.05) is 58.7 Å². The van der Waals surface area contributed by atoms with Crippen molar-refractivity contribution in [1.82, 2.24) is 15.1 Å². The summed E-state index contributed by atoms with van der Waals surface area (Å²) in [6.45, 7) is 7.63. The molecule has 2 N–H and O–H groups in total. The molecule has 0 spiro atoms. The van der Waals surface area contributed by atoms with Gasteiger partial charge in [-0.3, -0.25) is 9.59 Å². The molecule has 0 radical (unpaired) electrons. The lowest BCUT2D eigenvalue weighted by molar-refractivity contribution is -0.136. The van der Waals surface area contributed by atoms with Crippen LogP contribution in [0.4, 0.5) is 5.69 Å². The van der Waals surface area contributed by atoms with Crippen molar-refractivity contribution in [2.45, 2.75) is 32.6 Å². The number of carbonyl (C=O) groups excluding carboxylic acids is 2. The molecule has 2 amide bonds. The predicted octanol–water partition coefficient (Wildman–Crippen LogP) is 2.19. The zero-order chi connectivity index (χ0) is 21.1. The van der Waals surface area contributed by atoms with Crippen LogP contribution in [0.1, 0.15) is 32.6 Å². The lowest BCUT2D eigenvalue weighted by Crippen LogP contribution is -2.39. The molecule has 1 heterocycles. The van der Waals surface area contributed by atoms with E-state index in [1.54, 1.807) is 24.3 Å². The van der Waals surface area contributed by atoms with E-state index in [9.17, 15) is 9.59 Å². The van der Waals surface area contributed by atoms with E-state index in [0.29, 0.717) is 18.8 Å². The first kappa shape index (κ1) is 23.2. The molecule has 1 atom stereocenters. The van der Waals surface area contributed by atoms with Crippen LogP contribution < -0.4 is 15.4 Å². The Morgan fingerprint density at radius 3 is 2.62 bits per heavy atom. The molecule has 0 aromatic heterocycles. The van der Waals surface area contributed by atoms with E-state index in [1.807, 2.05) is 14.1 Å². The van der Waals surface area contributed by atoms with Crippen LogP contribution in [0, 0.1) is 5.92 Å². The Kier molecular flexibility index (Phi) is 9.94. The third kappa shape index (κ3) is 9.28. The molecule has 2 rings (SSSR count). The normalized spacial score (nSPS) is 17.2. The van der Waals surface area contributed by atoms with Crippen molar-refractivity contribution >= 4 is 17.5 Å². The van der Waals surface area contributed by atoms with Gasteiger partial charge in [0.2, 0.25) is 0 Å². The molecule has 1 aromatic rings. The zero-order valence-electron chi connectivity index (χ0n) is 18.1. The van der Waals surface area contributed by atoms with Crippen molar-refractivity contribution < 1.29 is 14.3 Å². The van der Waals surface area contributed by atoms with Crippen molar-refractivity contribution in [2.24, 2.45) is 5.92 Å². The zero-order valence-corrected chi connectivity index (χ0v) is 18.1. The molecule has 1 fully saturated rings. The fourth-order valence-corrected chi connectivity index (χ4v) is 3.47. The van der Waals surface area contributed by atoms with Crippen molar-refractivity contribution in [3.63, 3.8) is 0 Å². The van der Waals surface area contributed by atoms with E-state index >= 15 is 0 Å². The van der Waals surface area contributed by atoms with Crippen LogP contribution >= 0.6 is 0 Å². The number of hydrogen-bond donors (Lipinski definition) is 2. The molecular weight excluding hydrogens is 368 g/mol. The van der Waals surface area contributed by atoms with Gasteiger partial charge in [0, 0.05) is 25.3 Å². The fourth-order valence-electron chi connectivity index (χ4n) is 3.47. The molecular formula is C22H36N4O3. The van der Waals surface area contributed by atoms with Crippen molar-refractivity contribution in [3.8, 4) is 5.75 Å². The van der Waals surface area contributed by atoms with Gasteiger partial charge in [0.15, 0.2) is 0 Å². The number of benzene rings is 1. The molecule has 7 nitrogen and oxygen atoms in total. The second kappa shape index (κ2) is 12.4. The van der Waals surface area contributed by atoms with Gasteiger partial charge in [0.1, 0.15) is 5.75 Å². The van der Waals surface area contributed by atoms with Crippen LogP contribution in [0.3, 0.4) is 0 Å². The standard InChI is InChI=1S/C22H36N4O3/c1-18-7-4-14-26(17-18)15-5-12-23-21(27)22(28)24-19-8-10-20(11-9-19)29-16-6-13-25(2)3/h8-11,18H,4-7,12-17H2,1-3H3,(H,23,27)(H,24,28). The fraction of sp³-hybridized carbons (Fsp3) is 0.636. The molecule has 1 unspecified atom stereocenters. The Morgan fingerprint density at radius 2 is 1.93 bits per heavy atom. The number of likely N-dealkylation sites (tertiary alicyclic amines) is 1. The second-order valence-electron chi connectivity index (χ2n) is 8.14. The number of carbonyl (C=O) groups is 2. The van der Waals surface area contributed by atoms with E-state index in [0.717, 1.165) is 50.7 Å². The van der Waals surface area contributed by atoms with Crippen LogP contribution in [0.2, 0.25) is 0 Å². The summed E-state index contributed by atoms with van der Waals surface area (Å²) in [5.74, 6) is 0.259. The SMILES string of the molecule is CC1CCCN(CCCNC(=O)C(=O)Nc2ccc(OCCCN(C)C)cc2)C1. The molecule has 0 bridgehead atoms. The summed E-state index contributed by atoms with van der Waals surface area (Å²) < 4.78 is 5.66. The van der Waals surface area contributed by atoms with Crippen LogP contribution in [-0.4, -0.2) is 75.0 Å². The maximum absolute atomic E-state index is 12.0. The Morgan fingerprint density at radius 1 is 1.17 bits per heavy atom. The molecule has 0 aliphatic carbocycles. The summed E-state index contributed by atoms with van der Waals surface area (Å²) in [5.41, 5.74) is 0.577. The van der Waals surface area contributed by atoms with Gasteiger partial charge >= 0.3 is 11.8 Å². The van der Waals surface area contributed by atoms with E-state index in [1.165, 1.54) is 12.8 Å². The summed E-state index contributed by atoms with van der Waals surface area (Å²) in [5, 5.41) is 5.33. The first-order valence-corrected chi connectivity index (χ1v) is 10.6. The van der Waals surface area contributed by atoms with Gasteiger partial charge < -0.3 is 25.2 Å². The monoisotopic (exact) mass is 404 g/mol. The number of nitrogens with zero attached hydrogens (tertiary/aromatic N) is 2. The maximum Gasteiger partial charge on any atom is 0.313 e. The summed E-state index contributed by atoms with van der Waals surface area (Å²) in [6, 6.07) is 7.07. The molecule has 1 saturated heterocycles.